The van der Waals surface area contributed by atoms with Gasteiger partial charge >= 0.3 is 12.6 Å². The smallest absolute Gasteiger partial charge is 0.387 e. The SMILES string of the molecule is O=C(Nc1ccc(OC(F)F)cc1)[C@@H]1[C@H](C(=O)O)[C@@H]2C=C[C@H]1CC2. The van der Waals surface area contributed by atoms with Crippen LogP contribution in [0.1, 0.15) is 12.8 Å². The normalized spacial score (nSPS) is 28.0. The van der Waals surface area contributed by atoms with E-state index in [0.717, 1.165) is 12.8 Å². The number of carboxylic acid groups (broad SMARTS) is 1. The van der Waals surface area contributed by atoms with Gasteiger partial charge in [-0.3, -0.25) is 9.59 Å². The lowest BCUT2D eigenvalue weighted by Gasteiger charge is -2.41. The summed E-state index contributed by atoms with van der Waals surface area (Å²) in [6.45, 7) is -2.91. The first-order valence-corrected chi connectivity index (χ1v) is 7.72. The summed E-state index contributed by atoms with van der Waals surface area (Å²) in [4.78, 5) is 24.1. The van der Waals surface area contributed by atoms with Crippen molar-refractivity contribution in [3.8, 4) is 5.75 Å². The standard InChI is InChI=1S/C17H17F2NO4/c18-17(19)24-12-7-5-11(6-8-12)20-15(21)13-9-1-3-10(4-2-9)14(13)16(22)23/h1,3,5-10,13-14,17H,2,4H2,(H,20,21)(H,22,23)/t9-,10+,13-,14+/m0/s1. The predicted octanol–water partition coefficient (Wildman–Crippen LogP) is 3.14. The molecule has 7 heteroatoms. The van der Waals surface area contributed by atoms with Gasteiger partial charge < -0.3 is 15.2 Å². The Morgan fingerprint density at radius 3 is 2.17 bits per heavy atom. The van der Waals surface area contributed by atoms with Crippen molar-refractivity contribution >= 4 is 17.6 Å². The van der Waals surface area contributed by atoms with Gasteiger partial charge in [0.1, 0.15) is 5.75 Å². The van der Waals surface area contributed by atoms with E-state index >= 15 is 0 Å². The van der Waals surface area contributed by atoms with Gasteiger partial charge in [-0.2, -0.15) is 8.78 Å². The zero-order valence-corrected chi connectivity index (χ0v) is 12.7. The van der Waals surface area contributed by atoms with Crippen LogP contribution in [0.2, 0.25) is 0 Å². The van der Waals surface area contributed by atoms with Crippen LogP contribution < -0.4 is 10.1 Å². The van der Waals surface area contributed by atoms with Crippen LogP contribution in [0.15, 0.2) is 36.4 Å². The van der Waals surface area contributed by atoms with E-state index in [1.54, 1.807) is 0 Å². The Hall–Kier alpha value is -2.44. The molecule has 0 unspecified atom stereocenters. The van der Waals surface area contributed by atoms with Gasteiger partial charge in [0.05, 0.1) is 11.8 Å². The molecule has 1 fully saturated rings. The molecule has 0 aromatic heterocycles. The van der Waals surface area contributed by atoms with E-state index in [1.165, 1.54) is 24.3 Å². The highest BCUT2D eigenvalue weighted by Gasteiger charge is 2.48. The minimum Gasteiger partial charge on any atom is -0.481 e. The molecule has 3 aliphatic carbocycles. The number of carbonyl (C=O) groups is 2. The molecule has 2 bridgehead atoms. The molecule has 1 aromatic carbocycles. The van der Waals surface area contributed by atoms with Gasteiger partial charge in [-0.1, -0.05) is 12.2 Å². The second-order valence-corrected chi connectivity index (χ2v) is 6.07. The topological polar surface area (TPSA) is 75.6 Å². The molecule has 0 saturated heterocycles. The molecule has 1 amide bonds. The van der Waals surface area contributed by atoms with Crippen LogP contribution in [0.3, 0.4) is 0 Å². The monoisotopic (exact) mass is 337 g/mol. The molecular weight excluding hydrogens is 320 g/mol. The van der Waals surface area contributed by atoms with Gasteiger partial charge in [0, 0.05) is 5.69 Å². The van der Waals surface area contributed by atoms with E-state index in [0.29, 0.717) is 5.69 Å². The second-order valence-electron chi connectivity index (χ2n) is 6.07. The third-order valence-corrected chi connectivity index (χ3v) is 4.68. The summed E-state index contributed by atoms with van der Waals surface area (Å²) in [6, 6.07) is 5.54. The van der Waals surface area contributed by atoms with Gasteiger partial charge in [-0.25, -0.2) is 0 Å². The first-order valence-electron chi connectivity index (χ1n) is 7.72. The summed E-state index contributed by atoms with van der Waals surface area (Å²) >= 11 is 0. The first kappa shape index (κ1) is 16.4. The fourth-order valence-corrected chi connectivity index (χ4v) is 3.63. The highest BCUT2D eigenvalue weighted by atomic mass is 19.3. The van der Waals surface area contributed by atoms with Crippen LogP contribution in [0.25, 0.3) is 0 Å². The van der Waals surface area contributed by atoms with Crippen molar-refractivity contribution < 1.29 is 28.2 Å². The van der Waals surface area contributed by atoms with Crippen molar-refractivity contribution in [1.29, 1.82) is 0 Å². The number of carboxylic acids is 1. The number of rotatable bonds is 5. The summed E-state index contributed by atoms with van der Waals surface area (Å²) in [5.41, 5.74) is 0.413. The van der Waals surface area contributed by atoms with Crippen LogP contribution in [-0.4, -0.2) is 23.6 Å². The quantitative estimate of drug-likeness (QED) is 0.810. The first-order chi connectivity index (χ1) is 11.5. The van der Waals surface area contributed by atoms with E-state index in [4.69, 9.17) is 0 Å². The Balaban J connectivity index is 1.72. The number of aliphatic carboxylic acids is 1. The molecule has 0 radical (unpaired) electrons. The van der Waals surface area contributed by atoms with Gasteiger partial charge in [0.25, 0.3) is 0 Å². The van der Waals surface area contributed by atoms with Crippen molar-refractivity contribution in [3.63, 3.8) is 0 Å². The lowest BCUT2D eigenvalue weighted by Crippen LogP contribution is -2.47. The molecule has 4 rings (SSSR count). The zero-order valence-electron chi connectivity index (χ0n) is 12.7. The summed E-state index contributed by atoms with van der Waals surface area (Å²) < 4.78 is 28.5. The number of carbonyl (C=O) groups excluding carboxylic acids is 1. The van der Waals surface area contributed by atoms with Gasteiger partial charge in [-0.15, -0.1) is 0 Å². The van der Waals surface area contributed by atoms with E-state index in [1.807, 2.05) is 12.2 Å². The molecule has 3 aliphatic rings. The number of nitrogens with one attached hydrogen (secondary N) is 1. The molecule has 24 heavy (non-hydrogen) atoms. The minimum atomic E-state index is -2.91. The minimum absolute atomic E-state index is 0.00827. The van der Waals surface area contributed by atoms with Gasteiger partial charge in [0.2, 0.25) is 5.91 Å². The number of allylic oxidation sites excluding steroid dienone is 2. The van der Waals surface area contributed by atoms with Crippen LogP contribution in [0, 0.1) is 23.7 Å². The molecule has 1 aromatic rings. The third kappa shape index (κ3) is 3.25. The molecule has 1 saturated carbocycles. The molecule has 128 valence electrons. The Labute approximate surface area is 137 Å². The van der Waals surface area contributed by atoms with Crippen molar-refractivity contribution in [3.05, 3.63) is 36.4 Å². The number of hydrogen-bond donors (Lipinski definition) is 2. The van der Waals surface area contributed by atoms with Gasteiger partial charge in [0.15, 0.2) is 0 Å². The number of alkyl halides is 2. The Morgan fingerprint density at radius 2 is 1.67 bits per heavy atom. The zero-order chi connectivity index (χ0) is 17.3. The maximum absolute atomic E-state index is 12.6. The average molecular weight is 337 g/mol. The third-order valence-electron chi connectivity index (χ3n) is 4.68. The maximum atomic E-state index is 12.6. The molecule has 0 spiro atoms. The van der Waals surface area contributed by atoms with Crippen molar-refractivity contribution in [2.24, 2.45) is 23.7 Å². The molecule has 4 atom stereocenters. The van der Waals surface area contributed by atoms with Crippen LogP contribution in [0.5, 0.6) is 5.75 Å². The van der Waals surface area contributed by atoms with Crippen LogP contribution >= 0.6 is 0 Å². The van der Waals surface area contributed by atoms with Crippen LogP contribution in [-0.2, 0) is 9.59 Å². The highest BCUT2D eigenvalue weighted by Crippen LogP contribution is 2.45. The largest absolute Gasteiger partial charge is 0.481 e. The molecule has 5 nitrogen and oxygen atoms in total. The number of benzene rings is 1. The number of halogens is 2. The summed E-state index contributed by atoms with van der Waals surface area (Å²) in [5.74, 6) is -2.88. The van der Waals surface area contributed by atoms with Crippen LogP contribution in [0.4, 0.5) is 14.5 Å². The van der Waals surface area contributed by atoms with E-state index in [2.05, 4.69) is 10.1 Å². The van der Waals surface area contributed by atoms with E-state index < -0.39 is 24.4 Å². The summed E-state index contributed by atoms with van der Waals surface area (Å²) in [6.07, 6.45) is 5.40. The number of hydrogen-bond acceptors (Lipinski definition) is 3. The lowest BCUT2D eigenvalue weighted by atomic mass is 9.62. The summed E-state index contributed by atoms with van der Waals surface area (Å²) in [7, 11) is 0. The molecule has 2 N–H and O–H groups in total. The summed E-state index contributed by atoms with van der Waals surface area (Å²) in [5, 5.41) is 12.1. The lowest BCUT2D eigenvalue weighted by molar-refractivity contribution is -0.151. The predicted molar refractivity (Wildman–Crippen MR) is 81.7 cm³/mol. The van der Waals surface area contributed by atoms with Crippen molar-refractivity contribution in [2.45, 2.75) is 19.5 Å². The Kier molecular flexibility index (Phi) is 4.51. The number of ether oxygens (including phenoxy) is 1. The van der Waals surface area contributed by atoms with Gasteiger partial charge in [-0.05, 0) is 48.9 Å². The fourth-order valence-electron chi connectivity index (χ4n) is 3.63. The maximum Gasteiger partial charge on any atom is 0.387 e. The molecular formula is C17H17F2NO4. The number of fused-ring (bicyclic) bond motifs is 2. The Morgan fingerprint density at radius 1 is 1.08 bits per heavy atom. The van der Waals surface area contributed by atoms with Crippen molar-refractivity contribution in [1.82, 2.24) is 0 Å². The fraction of sp³-hybridized carbons (Fsp3) is 0.412. The molecule has 0 aliphatic heterocycles. The highest BCUT2D eigenvalue weighted by molar-refractivity contribution is 5.96. The number of anilines is 1. The number of amides is 1. The Bertz CT molecular complexity index is 659. The second kappa shape index (κ2) is 6.59. The van der Waals surface area contributed by atoms with E-state index in [9.17, 15) is 23.5 Å². The van der Waals surface area contributed by atoms with E-state index in [-0.39, 0.29) is 23.5 Å². The average Bonchev–Trinajstić information content (AvgIpc) is 2.56. The van der Waals surface area contributed by atoms with Crippen molar-refractivity contribution in [2.75, 3.05) is 5.32 Å². The molecule has 0 heterocycles.